The van der Waals surface area contributed by atoms with Crippen molar-refractivity contribution in [3.8, 4) is 0 Å². The Morgan fingerprint density at radius 3 is 2.35 bits per heavy atom. The minimum absolute atomic E-state index is 0.142. The Labute approximate surface area is 139 Å². The van der Waals surface area contributed by atoms with Crippen LogP contribution < -0.4 is 5.32 Å². The maximum atomic E-state index is 13.7. The van der Waals surface area contributed by atoms with Crippen LogP contribution in [0.15, 0.2) is 47.4 Å². The molecular formula is C16H15ClFNO3S. The quantitative estimate of drug-likeness (QED) is 0.914. The summed E-state index contributed by atoms with van der Waals surface area (Å²) in [6.45, 7) is 1.72. The highest BCUT2D eigenvalue weighted by atomic mass is 35.5. The third kappa shape index (κ3) is 4.30. The third-order valence-electron chi connectivity index (χ3n) is 3.33. The van der Waals surface area contributed by atoms with Crippen molar-refractivity contribution in [1.82, 2.24) is 5.32 Å². The van der Waals surface area contributed by atoms with E-state index in [4.69, 9.17) is 11.6 Å². The van der Waals surface area contributed by atoms with Gasteiger partial charge in [-0.15, -0.1) is 0 Å². The number of amides is 1. The normalized spacial score (nSPS) is 12.7. The number of sulfone groups is 1. The average Bonchev–Trinajstić information content (AvgIpc) is 2.48. The van der Waals surface area contributed by atoms with Gasteiger partial charge in [0, 0.05) is 11.3 Å². The zero-order chi connectivity index (χ0) is 17.2. The maximum Gasteiger partial charge on any atom is 0.254 e. The first-order valence-electron chi connectivity index (χ1n) is 6.74. The highest BCUT2D eigenvalue weighted by molar-refractivity contribution is 7.90. The van der Waals surface area contributed by atoms with E-state index in [9.17, 15) is 17.6 Å². The summed E-state index contributed by atoms with van der Waals surface area (Å²) in [5, 5.41) is 2.92. The molecule has 0 radical (unpaired) electrons. The van der Waals surface area contributed by atoms with Gasteiger partial charge >= 0.3 is 0 Å². The summed E-state index contributed by atoms with van der Waals surface area (Å²) in [7, 11) is -3.27. The lowest BCUT2D eigenvalue weighted by Crippen LogP contribution is -2.27. The summed E-state index contributed by atoms with van der Waals surface area (Å²) in [6, 6.07) is 9.47. The van der Waals surface area contributed by atoms with Crippen LogP contribution in [0.4, 0.5) is 4.39 Å². The number of hydrogen-bond acceptors (Lipinski definition) is 3. The lowest BCUT2D eigenvalue weighted by Gasteiger charge is -2.15. The van der Waals surface area contributed by atoms with Gasteiger partial charge in [0.1, 0.15) is 5.82 Å². The van der Waals surface area contributed by atoms with Crippen LogP contribution in [0.3, 0.4) is 0 Å². The fourth-order valence-electron chi connectivity index (χ4n) is 2.03. The van der Waals surface area contributed by atoms with E-state index in [1.54, 1.807) is 19.1 Å². The molecule has 0 spiro atoms. The molecule has 4 nitrogen and oxygen atoms in total. The van der Waals surface area contributed by atoms with Crippen molar-refractivity contribution in [1.29, 1.82) is 0 Å². The largest absolute Gasteiger partial charge is 0.345 e. The van der Waals surface area contributed by atoms with Crippen molar-refractivity contribution < 1.29 is 17.6 Å². The summed E-state index contributed by atoms with van der Waals surface area (Å²) < 4.78 is 36.5. The second-order valence-corrected chi connectivity index (χ2v) is 7.61. The SMILES string of the molecule is CC(NC(=O)c1cc(Cl)ccc1F)c1ccc(S(C)(=O)=O)cc1. The molecule has 0 saturated carbocycles. The van der Waals surface area contributed by atoms with Crippen molar-refractivity contribution in [3.63, 3.8) is 0 Å². The van der Waals surface area contributed by atoms with Gasteiger partial charge in [-0.3, -0.25) is 4.79 Å². The molecule has 0 heterocycles. The van der Waals surface area contributed by atoms with Crippen LogP contribution in [0.2, 0.25) is 5.02 Å². The topological polar surface area (TPSA) is 63.2 Å². The van der Waals surface area contributed by atoms with Crippen LogP contribution in [0, 0.1) is 5.82 Å². The van der Waals surface area contributed by atoms with Crippen molar-refractivity contribution in [2.24, 2.45) is 0 Å². The molecule has 1 N–H and O–H groups in total. The van der Waals surface area contributed by atoms with Gasteiger partial charge in [-0.1, -0.05) is 23.7 Å². The summed E-state index contributed by atoms with van der Waals surface area (Å²) in [5.41, 5.74) is 0.560. The van der Waals surface area contributed by atoms with Gasteiger partial charge in [0.2, 0.25) is 0 Å². The van der Waals surface area contributed by atoms with Crippen LogP contribution in [-0.4, -0.2) is 20.6 Å². The molecule has 0 aliphatic heterocycles. The summed E-state index contributed by atoms with van der Waals surface area (Å²) in [6.07, 6.45) is 1.12. The van der Waals surface area contributed by atoms with Gasteiger partial charge in [-0.2, -0.15) is 0 Å². The lowest BCUT2D eigenvalue weighted by atomic mass is 10.1. The number of benzene rings is 2. The molecule has 2 rings (SSSR count). The number of rotatable bonds is 4. The highest BCUT2D eigenvalue weighted by Crippen LogP contribution is 2.19. The molecule has 1 atom stereocenters. The van der Waals surface area contributed by atoms with E-state index in [0.29, 0.717) is 5.56 Å². The number of carbonyl (C=O) groups excluding carboxylic acids is 1. The monoisotopic (exact) mass is 355 g/mol. The zero-order valence-corrected chi connectivity index (χ0v) is 14.1. The maximum absolute atomic E-state index is 13.7. The predicted molar refractivity (Wildman–Crippen MR) is 86.8 cm³/mol. The van der Waals surface area contributed by atoms with E-state index in [1.807, 2.05) is 0 Å². The molecule has 0 bridgehead atoms. The fraction of sp³-hybridized carbons (Fsp3) is 0.188. The smallest absolute Gasteiger partial charge is 0.254 e. The van der Waals surface area contributed by atoms with Gasteiger partial charge in [-0.05, 0) is 42.8 Å². The van der Waals surface area contributed by atoms with Crippen LogP contribution in [-0.2, 0) is 9.84 Å². The standard InChI is InChI=1S/C16H15ClFNO3S/c1-10(11-3-6-13(7-4-11)23(2,21)22)19-16(20)14-9-12(17)5-8-15(14)18/h3-10H,1-2H3,(H,19,20). The molecule has 0 fully saturated rings. The molecular weight excluding hydrogens is 341 g/mol. The molecule has 2 aromatic carbocycles. The molecule has 2 aromatic rings. The van der Waals surface area contributed by atoms with Crippen molar-refractivity contribution in [3.05, 3.63) is 64.4 Å². The Morgan fingerprint density at radius 2 is 1.78 bits per heavy atom. The van der Waals surface area contributed by atoms with Gasteiger partial charge < -0.3 is 5.32 Å². The molecule has 7 heteroatoms. The lowest BCUT2D eigenvalue weighted by molar-refractivity contribution is 0.0936. The van der Waals surface area contributed by atoms with Crippen LogP contribution >= 0.6 is 11.6 Å². The molecule has 23 heavy (non-hydrogen) atoms. The van der Waals surface area contributed by atoms with E-state index < -0.39 is 27.6 Å². The Morgan fingerprint density at radius 1 is 1.17 bits per heavy atom. The van der Waals surface area contributed by atoms with Gasteiger partial charge in [-0.25, -0.2) is 12.8 Å². The second kappa shape index (κ2) is 6.68. The Kier molecular flexibility index (Phi) is 5.06. The first kappa shape index (κ1) is 17.4. The van der Waals surface area contributed by atoms with E-state index in [0.717, 1.165) is 12.3 Å². The van der Waals surface area contributed by atoms with E-state index in [2.05, 4.69) is 5.32 Å². The summed E-state index contributed by atoms with van der Waals surface area (Å²) in [4.78, 5) is 12.3. The third-order valence-corrected chi connectivity index (χ3v) is 4.69. The van der Waals surface area contributed by atoms with Gasteiger partial charge in [0.25, 0.3) is 5.91 Å². The average molecular weight is 356 g/mol. The van der Waals surface area contributed by atoms with E-state index >= 15 is 0 Å². The molecule has 0 aliphatic rings. The molecule has 122 valence electrons. The number of carbonyl (C=O) groups is 1. The van der Waals surface area contributed by atoms with E-state index in [1.165, 1.54) is 24.3 Å². The Balaban J connectivity index is 2.17. The summed E-state index contributed by atoms with van der Waals surface area (Å²) >= 11 is 5.77. The minimum Gasteiger partial charge on any atom is -0.345 e. The van der Waals surface area contributed by atoms with Crippen molar-refractivity contribution >= 4 is 27.3 Å². The molecule has 1 unspecified atom stereocenters. The molecule has 0 aromatic heterocycles. The second-order valence-electron chi connectivity index (χ2n) is 5.16. The Hall–Kier alpha value is -1.92. The van der Waals surface area contributed by atoms with Crippen LogP contribution in [0.25, 0.3) is 0 Å². The highest BCUT2D eigenvalue weighted by Gasteiger charge is 2.16. The first-order chi connectivity index (χ1) is 10.7. The molecule has 0 aliphatic carbocycles. The first-order valence-corrected chi connectivity index (χ1v) is 9.01. The van der Waals surface area contributed by atoms with Gasteiger partial charge in [0.05, 0.1) is 16.5 Å². The van der Waals surface area contributed by atoms with Crippen LogP contribution in [0.5, 0.6) is 0 Å². The summed E-state index contributed by atoms with van der Waals surface area (Å²) in [5.74, 6) is -1.25. The van der Waals surface area contributed by atoms with E-state index in [-0.39, 0.29) is 15.5 Å². The van der Waals surface area contributed by atoms with Crippen molar-refractivity contribution in [2.45, 2.75) is 17.9 Å². The predicted octanol–water partition coefficient (Wildman–Crippen LogP) is 3.37. The van der Waals surface area contributed by atoms with Crippen molar-refractivity contribution in [2.75, 3.05) is 6.26 Å². The van der Waals surface area contributed by atoms with Gasteiger partial charge in [0.15, 0.2) is 9.84 Å². The molecule has 0 saturated heterocycles. The fourth-order valence-corrected chi connectivity index (χ4v) is 2.84. The Bertz CT molecular complexity index is 835. The number of nitrogens with one attached hydrogen (secondary N) is 1. The molecule has 1 amide bonds. The minimum atomic E-state index is -3.27. The number of halogens is 2. The number of hydrogen-bond donors (Lipinski definition) is 1. The zero-order valence-electron chi connectivity index (χ0n) is 12.5. The van der Waals surface area contributed by atoms with Crippen LogP contribution in [0.1, 0.15) is 28.9 Å².